The average molecular weight is 874 g/mol. The third-order valence-electron chi connectivity index (χ3n) is 16.6. The van der Waals surface area contributed by atoms with Crippen LogP contribution in [0.3, 0.4) is 0 Å². The van der Waals surface area contributed by atoms with Crippen LogP contribution in [-0.4, -0.2) is 4.57 Å². The molecule has 1 fully saturated rings. The Morgan fingerprint density at radius 3 is 1.91 bits per heavy atom. The van der Waals surface area contributed by atoms with Crippen LogP contribution in [0.2, 0.25) is 0 Å². The van der Waals surface area contributed by atoms with Crippen LogP contribution in [-0.2, 0) is 5.41 Å². The highest BCUT2D eigenvalue weighted by Crippen LogP contribution is 2.59. The molecule has 4 unspecified atom stereocenters. The molecule has 15 rings (SSSR count). The molecule has 4 atom stereocenters. The second kappa shape index (κ2) is 13.7. The molecule has 5 aliphatic carbocycles. The Balaban J connectivity index is 0.911. The van der Waals surface area contributed by atoms with Gasteiger partial charge in [-0.3, -0.25) is 0 Å². The average Bonchev–Trinajstić information content (AvgIpc) is 3.92. The van der Waals surface area contributed by atoms with Crippen molar-refractivity contribution in [2.45, 2.75) is 38.5 Å². The van der Waals surface area contributed by atoms with Gasteiger partial charge in [-0.25, -0.2) is 0 Å². The number of aromatic nitrogens is 1. The molecular formula is C65H47NS. The van der Waals surface area contributed by atoms with Crippen LogP contribution in [0, 0.1) is 17.8 Å². The molecule has 0 radical (unpaired) electrons. The fraction of sp³-hybridized carbons (Fsp3) is 0.138. The van der Waals surface area contributed by atoms with Crippen molar-refractivity contribution in [2.24, 2.45) is 17.8 Å². The number of hydrogen-bond donors (Lipinski definition) is 0. The van der Waals surface area contributed by atoms with Crippen molar-refractivity contribution in [3.05, 3.63) is 233 Å². The van der Waals surface area contributed by atoms with Gasteiger partial charge in [0, 0.05) is 53.5 Å². The summed E-state index contributed by atoms with van der Waals surface area (Å²) >= 11 is 1.94. The molecule has 8 aromatic carbocycles. The maximum atomic E-state index is 2.56. The molecule has 10 aromatic rings. The van der Waals surface area contributed by atoms with Crippen LogP contribution in [0.15, 0.2) is 194 Å². The van der Waals surface area contributed by atoms with Crippen molar-refractivity contribution in [3.8, 4) is 27.9 Å². The third kappa shape index (κ3) is 5.25. The number of thiophene rings is 1. The fourth-order valence-corrected chi connectivity index (χ4v) is 14.5. The Kier molecular flexibility index (Phi) is 7.73. The van der Waals surface area contributed by atoms with E-state index in [1.165, 1.54) is 138 Å². The number of rotatable bonds is 4. The van der Waals surface area contributed by atoms with Gasteiger partial charge in [-0.2, -0.15) is 0 Å². The van der Waals surface area contributed by atoms with Crippen LogP contribution in [0.25, 0.3) is 92.2 Å². The first-order valence-electron chi connectivity index (χ1n) is 24.2. The lowest BCUT2D eigenvalue weighted by Crippen LogP contribution is -2.20. The molecule has 0 spiro atoms. The standard InChI is InChI=1S/C65H47NS/c1-37-42(25-28-50-47-17-8-7-15-45(47)46-16-9-10-19-49(46)62(37)50)39-21-31-59-55(33-39)56-34-40(44-27-26-43(53-36-54(44)53)38-13-5-4-6-14-38)22-32-60(56)66(59)41-23-24-52-58(35-41)65(2,3)57-30-29-51-48-18-11-12-20-61(48)67-64(51)63(52)57/h4-35,37,53-54,62H,36H2,1-3H3. The Morgan fingerprint density at radius 1 is 0.478 bits per heavy atom. The predicted molar refractivity (Wildman–Crippen MR) is 285 cm³/mol. The molecule has 0 bridgehead atoms. The normalized spacial score (nSPS) is 20.6. The van der Waals surface area contributed by atoms with Crippen molar-refractivity contribution in [2.75, 3.05) is 0 Å². The van der Waals surface area contributed by atoms with Gasteiger partial charge in [0.1, 0.15) is 0 Å². The summed E-state index contributed by atoms with van der Waals surface area (Å²) in [4.78, 5) is 0. The minimum atomic E-state index is -0.140. The topological polar surface area (TPSA) is 4.93 Å². The summed E-state index contributed by atoms with van der Waals surface area (Å²) in [6, 6.07) is 64.8. The molecule has 2 heteroatoms. The number of nitrogens with zero attached hydrogens (tertiary/aromatic N) is 1. The van der Waals surface area contributed by atoms with Crippen LogP contribution in [0.4, 0.5) is 0 Å². The first-order chi connectivity index (χ1) is 32.9. The Bertz CT molecular complexity index is 3950. The zero-order valence-electron chi connectivity index (χ0n) is 37.8. The summed E-state index contributed by atoms with van der Waals surface area (Å²) in [5.74, 6) is 1.75. The van der Waals surface area contributed by atoms with Gasteiger partial charge in [0.25, 0.3) is 0 Å². The fourth-order valence-electron chi connectivity index (χ4n) is 13.3. The van der Waals surface area contributed by atoms with Crippen molar-refractivity contribution < 1.29 is 0 Å². The monoisotopic (exact) mass is 873 g/mol. The lowest BCUT2D eigenvalue weighted by molar-refractivity contribution is 0.660. The van der Waals surface area contributed by atoms with Gasteiger partial charge in [-0.05, 0) is 145 Å². The Labute approximate surface area is 395 Å². The third-order valence-corrected chi connectivity index (χ3v) is 17.8. The van der Waals surface area contributed by atoms with Gasteiger partial charge in [0.15, 0.2) is 0 Å². The molecule has 5 aliphatic rings. The van der Waals surface area contributed by atoms with E-state index in [9.17, 15) is 0 Å². The highest BCUT2D eigenvalue weighted by Gasteiger charge is 2.45. The van der Waals surface area contributed by atoms with E-state index in [2.05, 4.69) is 220 Å². The minimum absolute atomic E-state index is 0.140. The predicted octanol–water partition coefficient (Wildman–Crippen LogP) is 17.5. The summed E-state index contributed by atoms with van der Waals surface area (Å²) in [7, 11) is 0. The van der Waals surface area contributed by atoms with Gasteiger partial charge in [-0.1, -0.05) is 172 Å². The zero-order chi connectivity index (χ0) is 44.3. The van der Waals surface area contributed by atoms with E-state index in [-0.39, 0.29) is 5.41 Å². The maximum Gasteiger partial charge on any atom is 0.0541 e. The molecular weight excluding hydrogens is 827 g/mol. The smallest absolute Gasteiger partial charge is 0.0541 e. The summed E-state index contributed by atoms with van der Waals surface area (Å²) in [6.07, 6.45) is 10.9. The van der Waals surface area contributed by atoms with Crippen LogP contribution >= 0.6 is 11.3 Å². The first-order valence-corrected chi connectivity index (χ1v) is 25.0. The number of hydrogen-bond acceptors (Lipinski definition) is 1. The van der Waals surface area contributed by atoms with E-state index in [0.717, 1.165) is 0 Å². The van der Waals surface area contributed by atoms with Gasteiger partial charge in [0.2, 0.25) is 0 Å². The minimum Gasteiger partial charge on any atom is -0.309 e. The van der Waals surface area contributed by atoms with E-state index >= 15 is 0 Å². The maximum absolute atomic E-state index is 2.56. The Hall–Kier alpha value is -7.26. The van der Waals surface area contributed by atoms with Crippen molar-refractivity contribution in [1.29, 1.82) is 0 Å². The van der Waals surface area contributed by atoms with Crippen molar-refractivity contribution in [3.63, 3.8) is 0 Å². The number of fused-ring (bicyclic) bond motifs is 17. The lowest BCUT2D eigenvalue weighted by Gasteiger charge is -2.38. The molecule has 1 nitrogen and oxygen atoms in total. The van der Waals surface area contributed by atoms with Crippen molar-refractivity contribution >= 4 is 75.6 Å². The SMILES string of the molecule is CC1C(c2ccc3c(c2)c2cc(C4=CC=C(c5ccccc5)C5CC45)ccc2n3-c2ccc3c(c2)C(C)(C)c2ccc4c(sc5ccccc54)c2-3)=CC=C2c3ccccc3-c3ccccc3C21. The second-order valence-corrected chi connectivity index (χ2v) is 21.4. The summed E-state index contributed by atoms with van der Waals surface area (Å²) < 4.78 is 5.32. The summed E-state index contributed by atoms with van der Waals surface area (Å²) in [5.41, 5.74) is 24.5. The molecule has 0 amide bonds. The second-order valence-electron chi connectivity index (χ2n) is 20.3. The molecule has 0 N–H and O–H groups in total. The molecule has 67 heavy (non-hydrogen) atoms. The van der Waals surface area contributed by atoms with E-state index in [0.29, 0.717) is 23.7 Å². The molecule has 318 valence electrons. The molecule has 1 saturated carbocycles. The summed E-state index contributed by atoms with van der Waals surface area (Å²) in [6.45, 7) is 7.30. The largest absolute Gasteiger partial charge is 0.309 e. The highest BCUT2D eigenvalue weighted by atomic mass is 32.1. The van der Waals surface area contributed by atoms with Gasteiger partial charge in [0.05, 0.1) is 11.0 Å². The van der Waals surface area contributed by atoms with Crippen LogP contribution in [0.1, 0.15) is 72.1 Å². The van der Waals surface area contributed by atoms with Crippen LogP contribution < -0.4 is 0 Å². The quantitative estimate of drug-likeness (QED) is 0.166. The first kappa shape index (κ1) is 37.9. The molecule has 0 saturated heterocycles. The van der Waals surface area contributed by atoms with Gasteiger partial charge >= 0.3 is 0 Å². The zero-order valence-corrected chi connectivity index (χ0v) is 38.7. The van der Waals surface area contributed by atoms with Gasteiger partial charge < -0.3 is 4.57 Å². The van der Waals surface area contributed by atoms with E-state index in [1.807, 2.05) is 11.3 Å². The highest BCUT2D eigenvalue weighted by molar-refractivity contribution is 7.26. The van der Waals surface area contributed by atoms with Crippen molar-refractivity contribution in [1.82, 2.24) is 4.57 Å². The molecule has 2 aromatic heterocycles. The van der Waals surface area contributed by atoms with E-state index in [1.54, 1.807) is 0 Å². The van der Waals surface area contributed by atoms with E-state index < -0.39 is 0 Å². The molecule has 0 aliphatic heterocycles. The number of allylic oxidation sites excluding steroid dienone is 8. The Morgan fingerprint density at radius 2 is 1.12 bits per heavy atom. The molecule has 2 heterocycles. The van der Waals surface area contributed by atoms with E-state index in [4.69, 9.17) is 0 Å². The summed E-state index contributed by atoms with van der Waals surface area (Å²) in [5, 5.41) is 5.35. The van der Waals surface area contributed by atoms with Crippen LogP contribution in [0.5, 0.6) is 0 Å². The number of benzene rings is 8. The van der Waals surface area contributed by atoms with Gasteiger partial charge in [-0.15, -0.1) is 11.3 Å². The lowest BCUT2D eigenvalue weighted by atomic mass is 9.66.